The number of fused-ring (bicyclic) bond motifs is 1. The Morgan fingerprint density at radius 2 is 2.10 bits per heavy atom. The van der Waals surface area contributed by atoms with Crippen molar-refractivity contribution < 1.29 is 18.0 Å². The molecule has 3 N–H and O–H groups in total. The Hall–Kier alpha value is -3.17. The van der Waals surface area contributed by atoms with E-state index in [-0.39, 0.29) is 18.5 Å². The number of hydrogen-bond donors (Lipinski definition) is 3. The van der Waals surface area contributed by atoms with Crippen LogP contribution in [0, 0.1) is 12.3 Å². The van der Waals surface area contributed by atoms with Crippen LogP contribution >= 0.6 is 27.3 Å². The van der Waals surface area contributed by atoms with Gasteiger partial charge in [0, 0.05) is 30.3 Å². The smallest absolute Gasteiger partial charge is 0.359 e. The van der Waals surface area contributed by atoms with E-state index in [1.54, 1.807) is 17.9 Å². The molecule has 5 rings (SSSR count). The maximum Gasteiger partial charge on any atom is 0.401 e. The van der Waals surface area contributed by atoms with Gasteiger partial charge in [0.05, 0.1) is 17.6 Å². The van der Waals surface area contributed by atoms with Crippen molar-refractivity contribution in [3.63, 3.8) is 0 Å². The lowest BCUT2D eigenvalue weighted by Crippen LogP contribution is -2.35. The zero-order chi connectivity index (χ0) is 29.4. The van der Waals surface area contributed by atoms with Gasteiger partial charge in [0.2, 0.25) is 11.9 Å². The zero-order valence-corrected chi connectivity index (χ0v) is 25.0. The first-order chi connectivity index (χ1) is 19.5. The monoisotopic (exact) mass is 651 g/mol. The van der Waals surface area contributed by atoms with E-state index >= 15 is 0 Å². The maximum atomic E-state index is 12.7. The molecule has 0 radical (unpaired) electrons. The molecule has 2 atom stereocenters. The van der Waals surface area contributed by atoms with Crippen molar-refractivity contribution in [2.45, 2.75) is 51.7 Å². The summed E-state index contributed by atoms with van der Waals surface area (Å²) < 4.78 is 40.3. The molecule has 1 aromatic carbocycles. The van der Waals surface area contributed by atoms with Crippen LogP contribution in [0.25, 0.3) is 27.3 Å². The van der Waals surface area contributed by atoms with Gasteiger partial charge >= 0.3 is 6.18 Å². The van der Waals surface area contributed by atoms with Crippen LogP contribution in [-0.2, 0) is 11.2 Å². The fraction of sp³-hybridized carbons (Fsp3) is 0.462. The molecule has 41 heavy (non-hydrogen) atoms. The van der Waals surface area contributed by atoms with E-state index in [0.29, 0.717) is 45.1 Å². The topological polar surface area (TPSA) is 123 Å². The van der Waals surface area contributed by atoms with Crippen molar-refractivity contribution in [2.75, 3.05) is 25.5 Å². The second-order valence-corrected chi connectivity index (χ2v) is 12.3. The lowest BCUT2D eigenvalue weighted by molar-refractivity contribution is -0.129. The average molecular weight is 653 g/mol. The number of halogens is 4. The third kappa shape index (κ3) is 6.51. The van der Waals surface area contributed by atoms with Crippen LogP contribution in [0.2, 0.25) is 0 Å². The van der Waals surface area contributed by atoms with Gasteiger partial charge in [-0.15, -0.1) is 10.2 Å². The fourth-order valence-corrected chi connectivity index (χ4v) is 6.35. The summed E-state index contributed by atoms with van der Waals surface area (Å²) in [7, 11) is 1.65. The fourth-order valence-electron chi connectivity index (χ4n) is 5.16. The van der Waals surface area contributed by atoms with Gasteiger partial charge in [0.15, 0.2) is 5.65 Å². The molecule has 15 heteroatoms. The molecule has 0 saturated heterocycles. The van der Waals surface area contributed by atoms with Gasteiger partial charge in [-0.2, -0.15) is 23.3 Å². The van der Waals surface area contributed by atoms with E-state index in [9.17, 15) is 18.0 Å². The summed E-state index contributed by atoms with van der Waals surface area (Å²) in [6, 6.07) is 5.69. The number of benzene rings is 1. The number of anilines is 1. The molecule has 0 spiro atoms. The SMILES string of the molecule is CNC(=O)[C@]1(C)CC[C@@H](Nc2ncc3c(Br)nn(-c4ccc(-c5nnc(C)s5)c(CCNCC(F)(F)F)c4)c3n2)C1. The van der Waals surface area contributed by atoms with E-state index in [1.165, 1.54) is 11.3 Å². The maximum absolute atomic E-state index is 12.7. The molecular formula is C26H29BrF3N9OS. The molecular weight excluding hydrogens is 623 g/mol. The standard InChI is InChI=1S/C26H29BrF3N9OS/c1-14-36-37-22(41-14)18-5-4-17(10-15(18)7-9-32-13-26(28,29)30)39-21-19(20(27)38-39)12-33-24(35-21)34-16-6-8-25(2,11-16)23(40)31-3/h4-5,10,12,16,32H,6-9,11,13H2,1-3H3,(H,31,40)(H,33,34,35)/t16-,25-/m1/s1. The molecule has 1 saturated carbocycles. The lowest BCUT2D eigenvalue weighted by Gasteiger charge is -2.22. The molecule has 0 aliphatic heterocycles. The normalized spacial score (nSPS) is 19.1. The summed E-state index contributed by atoms with van der Waals surface area (Å²) in [4.78, 5) is 21.6. The van der Waals surface area contributed by atoms with Crippen LogP contribution in [0.5, 0.6) is 0 Å². The number of hydrogen-bond acceptors (Lipinski definition) is 9. The Balaban J connectivity index is 1.44. The van der Waals surface area contributed by atoms with E-state index < -0.39 is 18.1 Å². The molecule has 1 aliphatic rings. The average Bonchev–Trinajstić information content (AvgIpc) is 3.63. The number of aromatic nitrogens is 6. The molecule has 218 valence electrons. The minimum absolute atomic E-state index is 0.0247. The highest BCUT2D eigenvalue weighted by atomic mass is 79.9. The van der Waals surface area contributed by atoms with Crippen molar-refractivity contribution in [1.82, 2.24) is 40.6 Å². The van der Waals surface area contributed by atoms with Crippen LogP contribution in [0.3, 0.4) is 0 Å². The Labute approximate surface area is 246 Å². The van der Waals surface area contributed by atoms with Crippen molar-refractivity contribution in [1.29, 1.82) is 0 Å². The highest BCUT2D eigenvalue weighted by Crippen LogP contribution is 2.39. The largest absolute Gasteiger partial charge is 0.401 e. The number of aryl methyl sites for hydroxylation is 1. The van der Waals surface area contributed by atoms with Gasteiger partial charge in [0.1, 0.15) is 14.6 Å². The van der Waals surface area contributed by atoms with E-state index in [2.05, 4.69) is 52.2 Å². The molecule has 10 nitrogen and oxygen atoms in total. The van der Waals surface area contributed by atoms with Crippen molar-refractivity contribution in [3.8, 4) is 16.3 Å². The Kier molecular flexibility index (Phi) is 8.30. The van der Waals surface area contributed by atoms with Gasteiger partial charge in [-0.25, -0.2) is 9.67 Å². The second-order valence-electron chi connectivity index (χ2n) is 10.4. The molecule has 1 aliphatic carbocycles. The van der Waals surface area contributed by atoms with Crippen LogP contribution in [0.4, 0.5) is 19.1 Å². The molecule has 0 bridgehead atoms. The summed E-state index contributed by atoms with van der Waals surface area (Å²) in [6.07, 6.45) is -0.0252. The van der Waals surface area contributed by atoms with Crippen molar-refractivity contribution >= 4 is 50.2 Å². The number of nitrogens with zero attached hydrogens (tertiary/aromatic N) is 6. The van der Waals surface area contributed by atoms with E-state index in [1.807, 2.05) is 32.0 Å². The van der Waals surface area contributed by atoms with Crippen molar-refractivity contribution in [2.24, 2.45) is 5.41 Å². The zero-order valence-electron chi connectivity index (χ0n) is 22.6. The van der Waals surface area contributed by atoms with Gasteiger partial charge in [0.25, 0.3) is 0 Å². The van der Waals surface area contributed by atoms with Crippen LogP contribution < -0.4 is 16.0 Å². The Morgan fingerprint density at radius 3 is 2.80 bits per heavy atom. The molecule has 3 aromatic heterocycles. The second kappa shape index (κ2) is 11.6. The van der Waals surface area contributed by atoms with Gasteiger partial charge in [-0.05, 0) is 78.8 Å². The number of alkyl halides is 3. The van der Waals surface area contributed by atoms with Gasteiger partial charge < -0.3 is 16.0 Å². The van der Waals surface area contributed by atoms with Crippen LogP contribution in [-0.4, -0.2) is 68.2 Å². The molecule has 1 fully saturated rings. The predicted octanol–water partition coefficient (Wildman–Crippen LogP) is 4.82. The third-order valence-electron chi connectivity index (χ3n) is 7.22. The number of carbonyl (C=O) groups is 1. The minimum atomic E-state index is -4.29. The number of amides is 1. The highest BCUT2D eigenvalue weighted by molar-refractivity contribution is 9.10. The summed E-state index contributed by atoms with van der Waals surface area (Å²) in [5.74, 6) is 0.451. The van der Waals surface area contributed by atoms with Gasteiger partial charge in [-0.1, -0.05) is 18.3 Å². The Morgan fingerprint density at radius 1 is 1.29 bits per heavy atom. The Bertz CT molecular complexity index is 1570. The first-order valence-corrected chi connectivity index (χ1v) is 14.7. The predicted molar refractivity (Wildman–Crippen MR) is 154 cm³/mol. The summed E-state index contributed by atoms with van der Waals surface area (Å²) >= 11 is 4.92. The molecule has 3 heterocycles. The summed E-state index contributed by atoms with van der Waals surface area (Å²) in [5, 5.41) is 23.7. The first kappa shape index (κ1) is 29.3. The molecule has 0 unspecified atom stereocenters. The number of rotatable bonds is 9. The summed E-state index contributed by atoms with van der Waals surface area (Å²) in [6.45, 7) is 2.88. The van der Waals surface area contributed by atoms with E-state index in [4.69, 9.17) is 4.98 Å². The number of nitrogens with one attached hydrogen (secondary N) is 3. The van der Waals surface area contributed by atoms with Crippen molar-refractivity contribution in [3.05, 3.63) is 39.6 Å². The quantitative estimate of drug-likeness (QED) is 0.220. The minimum Gasteiger partial charge on any atom is -0.359 e. The van der Waals surface area contributed by atoms with Gasteiger partial charge in [-0.3, -0.25) is 4.79 Å². The highest BCUT2D eigenvalue weighted by Gasteiger charge is 2.41. The summed E-state index contributed by atoms with van der Waals surface area (Å²) in [5.41, 5.74) is 2.41. The number of carbonyl (C=O) groups excluding carboxylic acids is 1. The van der Waals surface area contributed by atoms with E-state index in [0.717, 1.165) is 29.0 Å². The molecule has 4 aromatic rings. The third-order valence-corrected chi connectivity index (χ3v) is 8.67. The molecule has 1 amide bonds. The van der Waals surface area contributed by atoms with Crippen LogP contribution in [0.15, 0.2) is 29.0 Å². The van der Waals surface area contributed by atoms with Crippen LogP contribution in [0.1, 0.15) is 36.8 Å². The lowest BCUT2D eigenvalue weighted by atomic mass is 9.87. The first-order valence-electron chi connectivity index (χ1n) is 13.1.